The van der Waals surface area contributed by atoms with Crippen molar-refractivity contribution in [1.29, 1.82) is 0 Å². The van der Waals surface area contributed by atoms with Crippen molar-refractivity contribution in [3.63, 3.8) is 0 Å². The number of carbonyl (C=O) groups is 2. The van der Waals surface area contributed by atoms with Crippen LogP contribution in [0.15, 0.2) is 24.3 Å². The molecule has 2 bridgehead atoms. The van der Waals surface area contributed by atoms with Crippen molar-refractivity contribution in [1.82, 2.24) is 9.55 Å². The third-order valence-electron chi connectivity index (χ3n) is 5.62. The van der Waals surface area contributed by atoms with Crippen LogP contribution in [0.5, 0.6) is 0 Å². The number of aromatic nitrogens is 2. The number of nitrogens with one attached hydrogen (secondary N) is 1. The SMILES string of the molecule is CCn1c(NC(=O)C2C[C@H]3CCC[C@@H](C2)C3=O)nc2ccccc21. The summed E-state index contributed by atoms with van der Waals surface area (Å²) < 4.78 is 2.03. The first kappa shape index (κ1) is 15.4. The number of anilines is 1. The summed E-state index contributed by atoms with van der Waals surface area (Å²) in [7, 11) is 0. The monoisotopic (exact) mass is 325 g/mol. The van der Waals surface area contributed by atoms with Crippen LogP contribution in [0.3, 0.4) is 0 Å². The number of carbonyl (C=O) groups excluding carboxylic acids is 2. The molecule has 2 aliphatic carbocycles. The number of imidazole rings is 1. The van der Waals surface area contributed by atoms with Gasteiger partial charge in [0, 0.05) is 24.3 Å². The fourth-order valence-electron chi connectivity index (χ4n) is 4.40. The molecule has 126 valence electrons. The number of ketones is 1. The smallest absolute Gasteiger partial charge is 0.229 e. The van der Waals surface area contributed by atoms with E-state index in [9.17, 15) is 9.59 Å². The van der Waals surface area contributed by atoms with Crippen LogP contribution in [0.1, 0.15) is 39.0 Å². The molecule has 24 heavy (non-hydrogen) atoms. The molecule has 0 radical (unpaired) electrons. The van der Waals surface area contributed by atoms with Gasteiger partial charge in [-0.3, -0.25) is 14.9 Å². The highest BCUT2D eigenvalue weighted by molar-refractivity contribution is 5.95. The van der Waals surface area contributed by atoms with E-state index in [1.54, 1.807) is 0 Å². The Bertz CT molecular complexity index is 779. The Morgan fingerprint density at radius 2 is 1.96 bits per heavy atom. The van der Waals surface area contributed by atoms with Gasteiger partial charge in [-0.05, 0) is 44.7 Å². The van der Waals surface area contributed by atoms with Crippen LogP contribution in [0.2, 0.25) is 0 Å². The van der Waals surface area contributed by atoms with Gasteiger partial charge in [0.25, 0.3) is 0 Å². The van der Waals surface area contributed by atoms with Crippen molar-refractivity contribution in [2.45, 2.75) is 45.6 Å². The lowest BCUT2D eigenvalue weighted by Gasteiger charge is -2.36. The van der Waals surface area contributed by atoms with Crippen LogP contribution in [-0.2, 0) is 16.1 Å². The minimum Gasteiger partial charge on any atom is -0.310 e. The first-order valence-corrected chi connectivity index (χ1v) is 8.97. The van der Waals surface area contributed by atoms with Crippen molar-refractivity contribution in [2.24, 2.45) is 17.8 Å². The molecular weight excluding hydrogens is 302 g/mol. The average Bonchev–Trinajstić information content (AvgIpc) is 2.91. The highest BCUT2D eigenvalue weighted by atomic mass is 16.2. The zero-order chi connectivity index (χ0) is 16.7. The lowest BCUT2D eigenvalue weighted by atomic mass is 9.67. The molecule has 0 aliphatic heterocycles. The molecule has 1 N–H and O–H groups in total. The maximum atomic E-state index is 12.8. The van der Waals surface area contributed by atoms with Crippen molar-refractivity contribution < 1.29 is 9.59 Å². The van der Waals surface area contributed by atoms with E-state index in [4.69, 9.17) is 0 Å². The molecule has 5 heteroatoms. The van der Waals surface area contributed by atoms with Gasteiger partial charge in [-0.15, -0.1) is 0 Å². The number of hydrogen-bond donors (Lipinski definition) is 1. The van der Waals surface area contributed by atoms with E-state index in [1.807, 2.05) is 35.8 Å². The number of amides is 1. The number of benzene rings is 1. The van der Waals surface area contributed by atoms with Gasteiger partial charge in [0.2, 0.25) is 11.9 Å². The van der Waals surface area contributed by atoms with Gasteiger partial charge < -0.3 is 4.57 Å². The van der Waals surface area contributed by atoms with E-state index in [1.165, 1.54) is 0 Å². The minimum absolute atomic E-state index is 0.0180. The lowest BCUT2D eigenvalue weighted by molar-refractivity contribution is -0.136. The van der Waals surface area contributed by atoms with Gasteiger partial charge in [-0.25, -0.2) is 4.98 Å². The second-order valence-electron chi connectivity index (χ2n) is 7.05. The van der Waals surface area contributed by atoms with E-state index in [0.29, 0.717) is 24.6 Å². The standard InChI is InChI=1S/C19H23N3O2/c1-2-22-16-9-4-3-8-15(16)20-19(22)21-18(24)14-10-12-6-5-7-13(11-14)17(12)23/h3-4,8-9,12-14H,2,5-7,10-11H2,1H3,(H,20,21,24)/t12-,13+,14?. The fraction of sp³-hybridized carbons (Fsp3) is 0.526. The highest BCUT2D eigenvalue weighted by Crippen LogP contribution is 2.40. The summed E-state index contributed by atoms with van der Waals surface area (Å²) in [5.41, 5.74) is 1.93. The Balaban J connectivity index is 1.55. The van der Waals surface area contributed by atoms with Crippen molar-refractivity contribution >= 4 is 28.7 Å². The summed E-state index contributed by atoms with van der Waals surface area (Å²) in [6.45, 7) is 2.80. The van der Waals surface area contributed by atoms with E-state index in [2.05, 4.69) is 10.3 Å². The third kappa shape index (κ3) is 2.52. The van der Waals surface area contributed by atoms with Crippen molar-refractivity contribution in [3.8, 4) is 0 Å². The Labute approximate surface area is 141 Å². The summed E-state index contributed by atoms with van der Waals surface area (Å²) in [4.78, 5) is 29.5. The Kier molecular flexibility index (Phi) is 3.87. The van der Waals surface area contributed by atoms with E-state index in [-0.39, 0.29) is 23.7 Å². The Morgan fingerprint density at radius 1 is 1.25 bits per heavy atom. The minimum atomic E-state index is -0.0666. The van der Waals surface area contributed by atoms with Gasteiger partial charge in [0.15, 0.2) is 0 Å². The molecule has 5 nitrogen and oxygen atoms in total. The number of hydrogen-bond acceptors (Lipinski definition) is 3. The molecule has 1 aromatic heterocycles. The molecule has 2 aliphatic rings. The second-order valence-corrected chi connectivity index (χ2v) is 7.05. The van der Waals surface area contributed by atoms with Crippen LogP contribution in [0.4, 0.5) is 5.95 Å². The summed E-state index contributed by atoms with van der Waals surface area (Å²) in [6.07, 6.45) is 4.43. The van der Waals surface area contributed by atoms with Gasteiger partial charge in [0.05, 0.1) is 11.0 Å². The molecule has 0 saturated heterocycles. The van der Waals surface area contributed by atoms with Crippen molar-refractivity contribution in [2.75, 3.05) is 5.32 Å². The molecule has 2 saturated carbocycles. The zero-order valence-corrected chi connectivity index (χ0v) is 14.0. The van der Waals surface area contributed by atoms with E-state index >= 15 is 0 Å². The third-order valence-corrected chi connectivity index (χ3v) is 5.62. The fourth-order valence-corrected chi connectivity index (χ4v) is 4.40. The molecular formula is C19H23N3O2. The summed E-state index contributed by atoms with van der Waals surface area (Å²) >= 11 is 0. The maximum absolute atomic E-state index is 12.8. The van der Waals surface area contributed by atoms with E-state index < -0.39 is 0 Å². The van der Waals surface area contributed by atoms with Crippen LogP contribution in [0.25, 0.3) is 11.0 Å². The highest BCUT2D eigenvalue weighted by Gasteiger charge is 2.41. The molecule has 4 rings (SSSR count). The molecule has 1 unspecified atom stereocenters. The summed E-state index contributed by atoms with van der Waals surface area (Å²) in [5, 5.41) is 3.03. The number of nitrogens with zero attached hydrogens (tertiary/aromatic N) is 2. The molecule has 1 aromatic carbocycles. The lowest BCUT2D eigenvalue weighted by Crippen LogP contribution is -2.40. The van der Waals surface area contributed by atoms with Crippen LogP contribution < -0.4 is 5.32 Å². The Morgan fingerprint density at radius 3 is 2.67 bits per heavy atom. The number of para-hydroxylation sites is 2. The first-order valence-electron chi connectivity index (χ1n) is 8.97. The average molecular weight is 325 g/mol. The van der Waals surface area contributed by atoms with Crippen LogP contribution >= 0.6 is 0 Å². The van der Waals surface area contributed by atoms with Gasteiger partial charge in [0.1, 0.15) is 5.78 Å². The number of aryl methyl sites for hydroxylation is 1. The molecule has 0 spiro atoms. The quantitative estimate of drug-likeness (QED) is 0.941. The molecule has 1 amide bonds. The number of fused-ring (bicyclic) bond motifs is 3. The van der Waals surface area contributed by atoms with Crippen LogP contribution in [-0.4, -0.2) is 21.2 Å². The first-order chi connectivity index (χ1) is 11.7. The van der Waals surface area contributed by atoms with Gasteiger partial charge in [-0.2, -0.15) is 0 Å². The zero-order valence-electron chi connectivity index (χ0n) is 14.0. The molecule has 2 fully saturated rings. The topological polar surface area (TPSA) is 64.0 Å². The molecule has 2 aromatic rings. The predicted octanol–water partition coefficient (Wildman–Crippen LogP) is 3.39. The number of rotatable bonds is 3. The summed E-state index contributed by atoms with van der Waals surface area (Å²) in [5.74, 6) is 1.15. The largest absolute Gasteiger partial charge is 0.310 e. The normalized spacial score (nSPS) is 26.5. The number of Topliss-reactive ketones (excluding diaryl/α,β-unsaturated/α-hetero) is 1. The maximum Gasteiger partial charge on any atom is 0.229 e. The predicted molar refractivity (Wildman–Crippen MR) is 92.6 cm³/mol. The van der Waals surface area contributed by atoms with Gasteiger partial charge >= 0.3 is 0 Å². The summed E-state index contributed by atoms with van der Waals surface area (Å²) in [6, 6.07) is 7.91. The molecule has 3 atom stereocenters. The van der Waals surface area contributed by atoms with Crippen molar-refractivity contribution in [3.05, 3.63) is 24.3 Å². The molecule has 1 heterocycles. The Hall–Kier alpha value is -2.17. The van der Waals surface area contributed by atoms with Gasteiger partial charge in [-0.1, -0.05) is 18.6 Å². The van der Waals surface area contributed by atoms with E-state index in [0.717, 1.165) is 36.8 Å². The van der Waals surface area contributed by atoms with Crippen LogP contribution in [0, 0.1) is 17.8 Å². The second kappa shape index (κ2) is 6.04.